The van der Waals surface area contributed by atoms with E-state index in [1.165, 1.54) is 12.1 Å². The van der Waals surface area contributed by atoms with Crippen LogP contribution < -0.4 is 10.2 Å². The minimum absolute atomic E-state index is 0.0475. The first-order chi connectivity index (χ1) is 7.77. The van der Waals surface area contributed by atoms with Crippen LogP contribution in [0.5, 0.6) is 0 Å². The summed E-state index contributed by atoms with van der Waals surface area (Å²) in [7, 11) is 0. The van der Waals surface area contributed by atoms with Gasteiger partial charge in [0.15, 0.2) is 0 Å². The first kappa shape index (κ1) is 11.1. The Kier molecular flexibility index (Phi) is 3.51. The lowest BCUT2D eigenvalue weighted by molar-refractivity contribution is -0.118. The fourth-order valence-electron chi connectivity index (χ4n) is 1.83. The molecule has 0 radical (unpaired) electrons. The molecule has 1 aliphatic heterocycles. The van der Waals surface area contributed by atoms with Crippen molar-refractivity contribution in [2.24, 2.45) is 0 Å². The Morgan fingerprint density at radius 2 is 1.94 bits per heavy atom. The van der Waals surface area contributed by atoms with E-state index in [1.807, 2.05) is 0 Å². The van der Waals surface area contributed by atoms with Crippen LogP contribution in [0.1, 0.15) is 12.8 Å². The Hall–Kier alpha value is -1.42. The average molecular weight is 222 g/mol. The molecule has 2 rings (SSSR count). The molecule has 0 atom stereocenters. The van der Waals surface area contributed by atoms with Gasteiger partial charge in [0.2, 0.25) is 5.91 Å². The third kappa shape index (κ3) is 2.58. The van der Waals surface area contributed by atoms with Crippen LogP contribution in [0, 0.1) is 5.82 Å². The molecule has 1 saturated heterocycles. The monoisotopic (exact) mass is 222 g/mol. The number of hydrogen-bond donors (Lipinski definition) is 1. The number of nitrogens with one attached hydrogen (secondary N) is 1. The molecule has 16 heavy (non-hydrogen) atoms. The summed E-state index contributed by atoms with van der Waals surface area (Å²) in [5, 5.41) is 3.08. The summed E-state index contributed by atoms with van der Waals surface area (Å²) in [6, 6.07) is 6.06. The van der Waals surface area contributed by atoms with Gasteiger partial charge in [0.1, 0.15) is 5.82 Å². The van der Waals surface area contributed by atoms with Crippen molar-refractivity contribution in [2.45, 2.75) is 12.8 Å². The van der Waals surface area contributed by atoms with E-state index in [0.29, 0.717) is 13.1 Å². The molecule has 0 bridgehead atoms. The zero-order valence-corrected chi connectivity index (χ0v) is 9.08. The smallest absolute Gasteiger partial charge is 0.240 e. The molecule has 0 unspecified atom stereocenters. The summed E-state index contributed by atoms with van der Waals surface area (Å²) < 4.78 is 12.8. The highest BCUT2D eigenvalue weighted by Crippen LogP contribution is 2.16. The molecule has 1 aliphatic rings. The number of carbonyl (C=O) groups excluding carboxylic acids is 1. The van der Waals surface area contributed by atoms with Crippen LogP contribution in [0.25, 0.3) is 0 Å². The molecule has 1 amide bonds. The van der Waals surface area contributed by atoms with Crippen molar-refractivity contribution in [1.29, 1.82) is 0 Å². The van der Waals surface area contributed by atoms with E-state index in [0.717, 1.165) is 25.1 Å². The summed E-state index contributed by atoms with van der Waals surface area (Å²) in [4.78, 5) is 13.5. The van der Waals surface area contributed by atoms with E-state index in [9.17, 15) is 9.18 Å². The number of amides is 1. The molecule has 3 nitrogen and oxygen atoms in total. The predicted octanol–water partition coefficient (Wildman–Crippen LogP) is 1.54. The van der Waals surface area contributed by atoms with E-state index in [2.05, 4.69) is 5.32 Å². The molecule has 0 aromatic heterocycles. The van der Waals surface area contributed by atoms with Crippen molar-refractivity contribution < 1.29 is 9.18 Å². The van der Waals surface area contributed by atoms with Gasteiger partial charge < -0.3 is 10.2 Å². The maximum Gasteiger partial charge on any atom is 0.240 e. The molecular formula is C12H15FN2O. The van der Waals surface area contributed by atoms with Gasteiger partial charge in [-0.3, -0.25) is 4.79 Å². The maximum absolute atomic E-state index is 12.8. The summed E-state index contributed by atoms with van der Waals surface area (Å²) >= 11 is 0. The molecule has 1 aromatic rings. The Labute approximate surface area is 94.3 Å². The van der Waals surface area contributed by atoms with Gasteiger partial charge in [-0.05, 0) is 43.7 Å². The van der Waals surface area contributed by atoms with Crippen LogP contribution in [0.3, 0.4) is 0 Å². The van der Waals surface area contributed by atoms with Crippen molar-refractivity contribution in [2.75, 3.05) is 24.5 Å². The van der Waals surface area contributed by atoms with Gasteiger partial charge >= 0.3 is 0 Å². The second-order valence-electron chi connectivity index (χ2n) is 3.91. The highest BCUT2D eigenvalue weighted by Gasteiger charge is 2.16. The van der Waals surface area contributed by atoms with Crippen molar-refractivity contribution in [3.05, 3.63) is 30.1 Å². The first-order valence-corrected chi connectivity index (χ1v) is 5.54. The minimum atomic E-state index is -0.277. The number of carbonyl (C=O) groups is 1. The number of rotatable bonds is 1. The van der Waals surface area contributed by atoms with Crippen LogP contribution in [-0.4, -0.2) is 25.5 Å². The van der Waals surface area contributed by atoms with Gasteiger partial charge in [-0.15, -0.1) is 0 Å². The Balaban J connectivity index is 2.15. The molecular weight excluding hydrogens is 207 g/mol. The number of hydrogen-bond acceptors (Lipinski definition) is 2. The van der Waals surface area contributed by atoms with Crippen LogP contribution in [-0.2, 0) is 4.79 Å². The number of benzene rings is 1. The van der Waals surface area contributed by atoms with Gasteiger partial charge in [0, 0.05) is 12.2 Å². The second kappa shape index (κ2) is 5.07. The lowest BCUT2D eigenvalue weighted by Gasteiger charge is -2.25. The fourth-order valence-corrected chi connectivity index (χ4v) is 1.83. The lowest BCUT2D eigenvalue weighted by atomic mass is 10.2. The average Bonchev–Trinajstić information content (AvgIpc) is 2.26. The van der Waals surface area contributed by atoms with Gasteiger partial charge in [-0.2, -0.15) is 0 Å². The topological polar surface area (TPSA) is 32.3 Å². The largest absolute Gasteiger partial charge is 0.311 e. The highest BCUT2D eigenvalue weighted by atomic mass is 19.1. The molecule has 4 heteroatoms. The first-order valence-electron chi connectivity index (χ1n) is 5.54. The molecule has 86 valence electrons. The SMILES string of the molecule is O=C1CNCCCCN1c1ccc(F)cc1. The second-order valence-corrected chi connectivity index (χ2v) is 3.91. The predicted molar refractivity (Wildman–Crippen MR) is 60.9 cm³/mol. The van der Waals surface area contributed by atoms with Crippen LogP contribution in [0.2, 0.25) is 0 Å². The summed E-state index contributed by atoms with van der Waals surface area (Å²) in [5.74, 6) is -0.229. The molecule has 0 saturated carbocycles. The van der Waals surface area contributed by atoms with Crippen molar-refractivity contribution in [3.63, 3.8) is 0 Å². The van der Waals surface area contributed by atoms with Gasteiger partial charge in [-0.1, -0.05) is 0 Å². The van der Waals surface area contributed by atoms with E-state index in [4.69, 9.17) is 0 Å². The number of anilines is 1. The molecule has 0 aliphatic carbocycles. The molecule has 1 aromatic carbocycles. The molecule has 1 fully saturated rings. The van der Waals surface area contributed by atoms with Crippen LogP contribution in [0.15, 0.2) is 24.3 Å². The van der Waals surface area contributed by atoms with Gasteiger partial charge in [0.05, 0.1) is 6.54 Å². The maximum atomic E-state index is 12.8. The third-order valence-electron chi connectivity index (χ3n) is 2.70. The van der Waals surface area contributed by atoms with Gasteiger partial charge in [-0.25, -0.2) is 4.39 Å². The number of halogens is 1. The Morgan fingerprint density at radius 1 is 1.19 bits per heavy atom. The quantitative estimate of drug-likeness (QED) is 0.781. The Morgan fingerprint density at radius 3 is 2.69 bits per heavy atom. The normalized spacial score (nSPS) is 18.1. The van der Waals surface area contributed by atoms with E-state index < -0.39 is 0 Å². The lowest BCUT2D eigenvalue weighted by Crippen LogP contribution is -2.41. The highest BCUT2D eigenvalue weighted by molar-refractivity contribution is 5.94. The van der Waals surface area contributed by atoms with E-state index in [1.54, 1.807) is 17.0 Å². The Bertz CT molecular complexity index is 364. The zero-order chi connectivity index (χ0) is 11.4. The van der Waals surface area contributed by atoms with Crippen molar-refractivity contribution in [3.8, 4) is 0 Å². The molecule has 1 heterocycles. The summed E-state index contributed by atoms with van der Waals surface area (Å²) in [6.45, 7) is 1.96. The third-order valence-corrected chi connectivity index (χ3v) is 2.70. The van der Waals surface area contributed by atoms with Crippen LogP contribution in [0.4, 0.5) is 10.1 Å². The van der Waals surface area contributed by atoms with Crippen molar-refractivity contribution in [1.82, 2.24) is 5.32 Å². The van der Waals surface area contributed by atoms with Gasteiger partial charge in [0.25, 0.3) is 0 Å². The molecule has 1 N–H and O–H groups in total. The summed E-state index contributed by atoms with van der Waals surface area (Å²) in [6.07, 6.45) is 2.03. The van der Waals surface area contributed by atoms with E-state index in [-0.39, 0.29) is 11.7 Å². The fraction of sp³-hybridized carbons (Fsp3) is 0.417. The van der Waals surface area contributed by atoms with Crippen molar-refractivity contribution >= 4 is 11.6 Å². The van der Waals surface area contributed by atoms with Crippen LogP contribution >= 0.6 is 0 Å². The molecule has 0 spiro atoms. The summed E-state index contributed by atoms with van der Waals surface area (Å²) in [5.41, 5.74) is 0.773. The minimum Gasteiger partial charge on any atom is -0.311 e. The standard InChI is InChI=1S/C12H15FN2O/c13-10-3-5-11(6-4-10)15-8-2-1-7-14-9-12(15)16/h3-6,14H,1-2,7-9H2. The van der Waals surface area contributed by atoms with E-state index >= 15 is 0 Å². The zero-order valence-electron chi connectivity index (χ0n) is 9.08. The number of nitrogens with zero attached hydrogens (tertiary/aromatic N) is 1.